The van der Waals surface area contributed by atoms with Gasteiger partial charge in [-0.1, -0.05) is 30.3 Å². The van der Waals surface area contributed by atoms with E-state index in [0.29, 0.717) is 5.56 Å². The monoisotopic (exact) mass is 405 g/mol. The molecule has 1 fully saturated rings. The highest BCUT2D eigenvalue weighted by molar-refractivity contribution is 5.95. The van der Waals surface area contributed by atoms with Crippen molar-refractivity contribution >= 4 is 17.4 Å². The minimum Gasteiger partial charge on any atom is -0.365 e. The van der Waals surface area contributed by atoms with Crippen molar-refractivity contribution in [3.8, 4) is 11.3 Å². The Morgan fingerprint density at radius 1 is 1.10 bits per heavy atom. The molecule has 0 saturated heterocycles. The lowest BCUT2D eigenvalue weighted by atomic mass is 9.91. The number of benzene rings is 1. The maximum Gasteiger partial charge on any atom is 0.251 e. The number of aromatic nitrogens is 2. The van der Waals surface area contributed by atoms with E-state index < -0.39 is 0 Å². The van der Waals surface area contributed by atoms with Gasteiger partial charge >= 0.3 is 0 Å². The molecule has 1 saturated carbocycles. The molecule has 3 aromatic rings. The summed E-state index contributed by atoms with van der Waals surface area (Å²) >= 11 is 0. The molecule has 4 N–H and O–H groups in total. The van der Waals surface area contributed by atoms with Gasteiger partial charge in [0.25, 0.3) is 5.91 Å². The second kappa shape index (κ2) is 8.11. The van der Waals surface area contributed by atoms with Crippen LogP contribution in [0.25, 0.3) is 16.9 Å². The standard InChI is InChI=1S/C24H31N5O/c1-24(2,3)28-22-21(16-7-5-4-6-8-16)27-20-15-17(13-14-29(20)22)23(30)26-19-11-9-18(25)10-12-19/h4-8,13-15,18-19,28H,9-12,25H2,1-3H3,(H,26,30). The van der Waals surface area contributed by atoms with Crippen LogP contribution in [0, 0.1) is 0 Å². The zero-order valence-electron chi connectivity index (χ0n) is 18.0. The van der Waals surface area contributed by atoms with Gasteiger partial charge in [-0.15, -0.1) is 0 Å². The normalized spacial score (nSPS) is 19.6. The first-order chi connectivity index (χ1) is 14.3. The highest BCUT2D eigenvalue weighted by Crippen LogP contribution is 2.31. The molecule has 1 aliphatic rings. The lowest BCUT2D eigenvalue weighted by Gasteiger charge is -2.26. The number of fused-ring (bicyclic) bond motifs is 1. The summed E-state index contributed by atoms with van der Waals surface area (Å²) in [5.74, 6) is 0.879. The zero-order chi connectivity index (χ0) is 21.3. The Labute approximate surface area is 177 Å². The van der Waals surface area contributed by atoms with Crippen molar-refractivity contribution in [1.82, 2.24) is 14.7 Å². The Morgan fingerprint density at radius 3 is 2.47 bits per heavy atom. The summed E-state index contributed by atoms with van der Waals surface area (Å²) in [4.78, 5) is 17.7. The average molecular weight is 406 g/mol. The van der Waals surface area contributed by atoms with E-state index in [-0.39, 0.29) is 23.5 Å². The first kappa shape index (κ1) is 20.4. The van der Waals surface area contributed by atoms with E-state index in [0.717, 1.165) is 48.4 Å². The Balaban J connectivity index is 1.66. The van der Waals surface area contributed by atoms with E-state index in [2.05, 4.69) is 43.5 Å². The number of rotatable bonds is 4. The van der Waals surface area contributed by atoms with E-state index in [1.165, 1.54) is 0 Å². The molecule has 1 aromatic carbocycles. The van der Waals surface area contributed by atoms with Crippen LogP contribution >= 0.6 is 0 Å². The van der Waals surface area contributed by atoms with E-state index in [1.54, 1.807) is 0 Å². The van der Waals surface area contributed by atoms with Crippen molar-refractivity contribution in [1.29, 1.82) is 0 Å². The van der Waals surface area contributed by atoms with Crippen LogP contribution in [0.1, 0.15) is 56.8 Å². The molecule has 0 spiro atoms. The SMILES string of the molecule is CC(C)(C)Nc1c(-c2ccccc2)nc2cc(C(=O)NC3CCC(N)CC3)ccn12. The van der Waals surface area contributed by atoms with Crippen LogP contribution in [0.5, 0.6) is 0 Å². The highest BCUT2D eigenvalue weighted by Gasteiger charge is 2.22. The summed E-state index contributed by atoms with van der Waals surface area (Å²) in [7, 11) is 0. The molecule has 1 amide bonds. The van der Waals surface area contributed by atoms with Crippen molar-refractivity contribution in [2.75, 3.05) is 5.32 Å². The molecule has 0 aliphatic heterocycles. The number of nitrogens with one attached hydrogen (secondary N) is 2. The molecule has 30 heavy (non-hydrogen) atoms. The molecule has 0 bridgehead atoms. The summed E-state index contributed by atoms with van der Waals surface area (Å²) < 4.78 is 2.02. The number of pyridine rings is 1. The summed E-state index contributed by atoms with van der Waals surface area (Å²) in [6.45, 7) is 6.37. The van der Waals surface area contributed by atoms with Gasteiger partial charge in [0, 0.05) is 34.9 Å². The van der Waals surface area contributed by atoms with Crippen molar-refractivity contribution < 1.29 is 4.79 Å². The van der Waals surface area contributed by atoms with Crippen molar-refractivity contribution in [2.24, 2.45) is 5.73 Å². The molecule has 0 unspecified atom stereocenters. The van der Waals surface area contributed by atoms with Crippen molar-refractivity contribution in [3.05, 3.63) is 54.2 Å². The van der Waals surface area contributed by atoms with Crippen LogP contribution in [0.2, 0.25) is 0 Å². The largest absolute Gasteiger partial charge is 0.365 e. The minimum atomic E-state index is -0.128. The van der Waals surface area contributed by atoms with E-state index in [1.807, 2.05) is 40.9 Å². The van der Waals surface area contributed by atoms with Gasteiger partial charge in [-0.3, -0.25) is 9.20 Å². The molecule has 1 aliphatic carbocycles. The second-order valence-corrected chi connectivity index (χ2v) is 9.28. The third-order valence-corrected chi connectivity index (χ3v) is 5.54. The Bertz CT molecular complexity index is 1030. The predicted octanol–water partition coefficient (Wildman–Crippen LogP) is 4.21. The van der Waals surface area contributed by atoms with Gasteiger partial charge in [-0.2, -0.15) is 0 Å². The fourth-order valence-corrected chi connectivity index (χ4v) is 3.99. The number of amides is 1. The molecule has 2 aromatic heterocycles. The van der Waals surface area contributed by atoms with Gasteiger partial charge in [0.2, 0.25) is 0 Å². The summed E-state index contributed by atoms with van der Waals surface area (Å²) in [5, 5.41) is 6.74. The number of nitrogens with zero attached hydrogens (tertiary/aromatic N) is 2. The van der Waals surface area contributed by atoms with Crippen molar-refractivity contribution in [2.45, 2.75) is 64.1 Å². The quantitative estimate of drug-likeness (QED) is 0.607. The topological polar surface area (TPSA) is 84.5 Å². The molecular weight excluding hydrogens is 374 g/mol. The zero-order valence-corrected chi connectivity index (χ0v) is 18.0. The fourth-order valence-electron chi connectivity index (χ4n) is 3.99. The highest BCUT2D eigenvalue weighted by atomic mass is 16.1. The third-order valence-electron chi connectivity index (χ3n) is 5.54. The molecule has 158 valence electrons. The maximum absolute atomic E-state index is 12.8. The summed E-state index contributed by atoms with van der Waals surface area (Å²) in [5.41, 5.74) is 9.15. The van der Waals surface area contributed by atoms with Crippen LogP contribution in [0.15, 0.2) is 48.7 Å². The van der Waals surface area contributed by atoms with Gasteiger partial charge in [0.15, 0.2) is 0 Å². The fraction of sp³-hybridized carbons (Fsp3) is 0.417. The Hall–Kier alpha value is -2.86. The molecule has 6 heteroatoms. The number of carbonyl (C=O) groups is 1. The second-order valence-electron chi connectivity index (χ2n) is 9.28. The predicted molar refractivity (Wildman–Crippen MR) is 122 cm³/mol. The number of hydrogen-bond donors (Lipinski definition) is 3. The summed E-state index contributed by atoms with van der Waals surface area (Å²) in [6.07, 6.45) is 5.74. The number of nitrogens with two attached hydrogens (primary N) is 1. The lowest BCUT2D eigenvalue weighted by Crippen LogP contribution is -2.40. The van der Waals surface area contributed by atoms with E-state index in [9.17, 15) is 4.79 Å². The van der Waals surface area contributed by atoms with Crippen molar-refractivity contribution in [3.63, 3.8) is 0 Å². The van der Waals surface area contributed by atoms with Gasteiger partial charge in [-0.25, -0.2) is 4.98 Å². The molecule has 6 nitrogen and oxygen atoms in total. The molecular formula is C24H31N5O. The Kier molecular flexibility index (Phi) is 5.52. The lowest BCUT2D eigenvalue weighted by molar-refractivity contribution is 0.0926. The van der Waals surface area contributed by atoms with E-state index in [4.69, 9.17) is 10.7 Å². The number of hydrogen-bond acceptors (Lipinski definition) is 4. The van der Waals surface area contributed by atoms with Crippen LogP contribution in [0.4, 0.5) is 5.82 Å². The molecule has 2 heterocycles. The summed E-state index contributed by atoms with van der Waals surface area (Å²) in [6, 6.07) is 14.3. The first-order valence-corrected chi connectivity index (χ1v) is 10.7. The van der Waals surface area contributed by atoms with Gasteiger partial charge in [0.05, 0.1) is 0 Å². The van der Waals surface area contributed by atoms with Crippen LogP contribution in [0.3, 0.4) is 0 Å². The average Bonchev–Trinajstić information content (AvgIpc) is 3.06. The maximum atomic E-state index is 12.8. The van der Waals surface area contributed by atoms with Gasteiger partial charge in [-0.05, 0) is 58.6 Å². The van der Waals surface area contributed by atoms with E-state index >= 15 is 0 Å². The first-order valence-electron chi connectivity index (χ1n) is 10.7. The van der Waals surface area contributed by atoms with Gasteiger partial charge in [0.1, 0.15) is 17.2 Å². The van der Waals surface area contributed by atoms with Crippen LogP contribution in [-0.4, -0.2) is 32.9 Å². The number of carbonyl (C=O) groups excluding carboxylic acids is 1. The third kappa shape index (κ3) is 4.49. The smallest absolute Gasteiger partial charge is 0.251 e. The van der Waals surface area contributed by atoms with Crippen LogP contribution < -0.4 is 16.4 Å². The van der Waals surface area contributed by atoms with Crippen LogP contribution in [-0.2, 0) is 0 Å². The molecule has 0 atom stereocenters. The minimum absolute atomic E-state index is 0.0486. The Morgan fingerprint density at radius 2 is 1.80 bits per heavy atom. The molecule has 4 rings (SSSR count). The van der Waals surface area contributed by atoms with Gasteiger partial charge < -0.3 is 16.4 Å². The number of imidazole rings is 1. The molecule has 0 radical (unpaired) electrons. The number of anilines is 1.